The predicted octanol–water partition coefficient (Wildman–Crippen LogP) is 5.73. The zero-order valence-corrected chi connectivity index (χ0v) is 16.0. The van der Waals surface area contributed by atoms with Crippen LogP contribution in [0, 0.1) is 0 Å². The number of hydrogen-bond acceptors (Lipinski definition) is 5. The van der Waals surface area contributed by atoms with E-state index >= 15 is 0 Å². The van der Waals surface area contributed by atoms with Crippen LogP contribution in [-0.4, -0.2) is 13.1 Å². The van der Waals surface area contributed by atoms with Gasteiger partial charge in [-0.2, -0.15) is 0 Å². The lowest BCUT2D eigenvalue weighted by Gasteiger charge is -2.11. The molecule has 0 bridgehead atoms. The highest BCUT2D eigenvalue weighted by atomic mass is 16.5. The molecular weight excluding hydrogens is 368 g/mol. The Morgan fingerprint density at radius 1 is 0.862 bits per heavy atom. The van der Waals surface area contributed by atoms with E-state index in [1.54, 1.807) is 7.11 Å². The van der Waals surface area contributed by atoms with E-state index in [1.807, 2.05) is 78.9 Å². The van der Waals surface area contributed by atoms with E-state index < -0.39 is 5.97 Å². The van der Waals surface area contributed by atoms with Crippen LogP contribution in [0.15, 0.2) is 83.3 Å². The summed E-state index contributed by atoms with van der Waals surface area (Å²) in [5.41, 5.74) is 2.07. The largest absolute Gasteiger partial charge is 0.457 e. The van der Waals surface area contributed by atoms with Gasteiger partial charge in [-0.15, -0.1) is 0 Å². The predicted molar refractivity (Wildman–Crippen MR) is 109 cm³/mol. The second-order valence-corrected chi connectivity index (χ2v) is 6.44. The van der Waals surface area contributed by atoms with Crippen molar-refractivity contribution in [3.8, 4) is 11.5 Å². The minimum absolute atomic E-state index is 0.0608. The number of para-hydroxylation sites is 3. The smallest absolute Gasteiger partial charge is 0.374 e. The molecule has 5 heteroatoms. The quantitative estimate of drug-likeness (QED) is 0.379. The standard InChI is InChI=1S/C24H20O5/c1-26-16-20-19-12-6-8-14-22(19)29-23(20)24(25)27-15-17-9-5-7-13-21(17)28-18-10-3-2-4-11-18/h2-14H,15-16H2,1H3. The van der Waals surface area contributed by atoms with Crippen LogP contribution in [0.25, 0.3) is 11.0 Å². The Kier molecular flexibility index (Phi) is 5.59. The molecule has 146 valence electrons. The van der Waals surface area contributed by atoms with Crippen LogP contribution in [0.4, 0.5) is 0 Å². The minimum Gasteiger partial charge on any atom is -0.457 e. The monoisotopic (exact) mass is 388 g/mol. The van der Waals surface area contributed by atoms with Gasteiger partial charge in [0.1, 0.15) is 23.7 Å². The molecule has 0 unspecified atom stereocenters. The Labute approximate surface area is 168 Å². The first-order chi connectivity index (χ1) is 14.3. The third kappa shape index (κ3) is 4.15. The Bertz CT molecular complexity index is 1110. The van der Waals surface area contributed by atoms with E-state index in [0.717, 1.165) is 10.9 Å². The lowest BCUT2D eigenvalue weighted by Crippen LogP contribution is -2.07. The summed E-state index contributed by atoms with van der Waals surface area (Å²) in [6.07, 6.45) is 0. The van der Waals surface area contributed by atoms with Crippen molar-refractivity contribution in [1.29, 1.82) is 0 Å². The normalized spacial score (nSPS) is 10.8. The average Bonchev–Trinajstić information content (AvgIpc) is 3.13. The highest BCUT2D eigenvalue weighted by molar-refractivity contribution is 5.96. The van der Waals surface area contributed by atoms with Gasteiger partial charge in [0.15, 0.2) is 0 Å². The number of fused-ring (bicyclic) bond motifs is 1. The lowest BCUT2D eigenvalue weighted by atomic mass is 10.1. The highest BCUT2D eigenvalue weighted by Crippen LogP contribution is 2.29. The second kappa shape index (κ2) is 8.63. The summed E-state index contributed by atoms with van der Waals surface area (Å²) in [5, 5.41) is 0.842. The van der Waals surface area contributed by atoms with Crippen molar-refractivity contribution >= 4 is 16.9 Å². The molecule has 4 rings (SSSR count). The van der Waals surface area contributed by atoms with Gasteiger partial charge in [-0.1, -0.05) is 54.6 Å². The van der Waals surface area contributed by atoms with E-state index in [2.05, 4.69) is 0 Å². The topological polar surface area (TPSA) is 57.9 Å². The highest BCUT2D eigenvalue weighted by Gasteiger charge is 2.22. The zero-order chi connectivity index (χ0) is 20.1. The molecule has 0 N–H and O–H groups in total. The molecule has 0 aliphatic heterocycles. The van der Waals surface area contributed by atoms with Crippen molar-refractivity contribution in [1.82, 2.24) is 0 Å². The Morgan fingerprint density at radius 2 is 1.59 bits per heavy atom. The minimum atomic E-state index is -0.539. The van der Waals surface area contributed by atoms with Crippen LogP contribution in [0.5, 0.6) is 11.5 Å². The van der Waals surface area contributed by atoms with Crippen molar-refractivity contribution in [2.45, 2.75) is 13.2 Å². The molecule has 29 heavy (non-hydrogen) atoms. The van der Waals surface area contributed by atoms with Crippen molar-refractivity contribution in [2.24, 2.45) is 0 Å². The maximum Gasteiger partial charge on any atom is 0.374 e. The van der Waals surface area contributed by atoms with Crippen LogP contribution < -0.4 is 4.74 Å². The van der Waals surface area contributed by atoms with Crippen LogP contribution in [0.1, 0.15) is 21.7 Å². The van der Waals surface area contributed by atoms with Gasteiger partial charge in [0.05, 0.1) is 6.61 Å². The average molecular weight is 388 g/mol. The van der Waals surface area contributed by atoms with Crippen LogP contribution in [0.3, 0.4) is 0 Å². The molecule has 3 aromatic carbocycles. The first-order valence-electron chi connectivity index (χ1n) is 9.23. The molecular formula is C24H20O5. The fourth-order valence-electron chi connectivity index (χ4n) is 3.10. The number of carbonyl (C=O) groups excluding carboxylic acids is 1. The number of esters is 1. The Hall–Kier alpha value is -3.57. The molecule has 5 nitrogen and oxygen atoms in total. The van der Waals surface area contributed by atoms with Crippen molar-refractivity contribution in [3.63, 3.8) is 0 Å². The molecule has 0 saturated carbocycles. The fourth-order valence-corrected chi connectivity index (χ4v) is 3.10. The molecule has 0 radical (unpaired) electrons. The number of benzene rings is 3. The van der Waals surface area contributed by atoms with Crippen LogP contribution in [-0.2, 0) is 22.7 Å². The molecule has 0 aliphatic rings. The number of carbonyl (C=O) groups is 1. The summed E-state index contributed by atoms with van der Waals surface area (Å²) >= 11 is 0. The second-order valence-electron chi connectivity index (χ2n) is 6.44. The van der Waals surface area contributed by atoms with Crippen molar-refractivity contribution in [2.75, 3.05) is 7.11 Å². The Balaban J connectivity index is 1.54. The van der Waals surface area contributed by atoms with Gasteiger partial charge in [0, 0.05) is 23.6 Å². The van der Waals surface area contributed by atoms with Gasteiger partial charge in [0.2, 0.25) is 5.76 Å². The van der Waals surface area contributed by atoms with E-state index in [0.29, 0.717) is 22.6 Å². The molecule has 0 amide bonds. The SMILES string of the molecule is COCc1c(C(=O)OCc2ccccc2Oc2ccccc2)oc2ccccc12. The van der Waals surface area contributed by atoms with E-state index in [-0.39, 0.29) is 19.0 Å². The van der Waals surface area contributed by atoms with E-state index in [1.165, 1.54) is 0 Å². The van der Waals surface area contributed by atoms with Crippen LogP contribution >= 0.6 is 0 Å². The summed E-state index contributed by atoms with van der Waals surface area (Å²) in [4.78, 5) is 12.7. The maximum atomic E-state index is 12.7. The number of rotatable bonds is 7. The molecule has 0 fully saturated rings. The summed E-state index contributed by atoms with van der Waals surface area (Å²) < 4.78 is 22.5. The van der Waals surface area contributed by atoms with Gasteiger partial charge in [-0.05, 0) is 24.3 Å². The molecule has 0 aliphatic carbocycles. The number of hydrogen-bond donors (Lipinski definition) is 0. The Morgan fingerprint density at radius 3 is 2.41 bits per heavy atom. The third-order valence-corrected chi connectivity index (χ3v) is 4.47. The summed E-state index contributed by atoms with van der Waals surface area (Å²) in [7, 11) is 1.58. The zero-order valence-electron chi connectivity index (χ0n) is 16.0. The van der Waals surface area contributed by atoms with Gasteiger partial charge < -0.3 is 18.6 Å². The molecule has 0 spiro atoms. The number of ether oxygens (including phenoxy) is 3. The van der Waals surface area contributed by atoms with Gasteiger partial charge >= 0.3 is 5.97 Å². The summed E-state index contributed by atoms with van der Waals surface area (Å²) in [6.45, 7) is 0.320. The molecule has 0 atom stereocenters. The molecule has 4 aromatic rings. The van der Waals surface area contributed by atoms with Crippen molar-refractivity contribution in [3.05, 3.63) is 95.7 Å². The molecule has 0 saturated heterocycles. The lowest BCUT2D eigenvalue weighted by molar-refractivity contribution is 0.0430. The molecule has 1 aromatic heterocycles. The maximum absolute atomic E-state index is 12.7. The first kappa shape index (κ1) is 18.8. The third-order valence-electron chi connectivity index (χ3n) is 4.47. The van der Waals surface area contributed by atoms with Gasteiger partial charge in [0.25, 0.3) is 0 Å². The summed E-state index contributed by atoms with van der Waals surface area (Å²) in [5.74, 6) is 0.969. The molecule has 1 heterocycles. The fraction of sp³-hybridized carbons (Fsp3) is 0.125. The van der Waals surface area contributed by atoms with Gasteiger partial charge in [-0.25, -0.2) is 4.79 Å². The van der Waals surface area contributed by atoms with Crippen LogP contribution in [0.2, 0.25) is 0 Å². The van der Waals surface area contributed by atoms with Crippen molar-refractivity contribution < 1.29 is 23.4 Å². The first-order valence-corrected chi connectivity index (χ1v) is 9.23. The number of methoxy groups -OCH3 is 1. The van der Waals surface area contributed by atoms with E-state index in [9.17, 15) is 4.79 Å². The summed E-state index contributed by atoms with van der Waals surface area (Å²) in [6, 6.07) is 24.4. The van der Waals surface area contributed by atoms with Gasteiger partial charge in [-0.3, -0.25) is 0 Å². The van der Waals surface area contributed by atoms with E-state index in [4.69, 9.17) is 18.6 Å². The number of furan rings is 1.